The molecule has 1 heterocycles. The summed E-state index contributed by atoms with van der Waals surface area (Å²) in [4.78, 5) is 17.8. The Bertz CT molecular complexity index is 582. The standard InChI is InChI=1S/C15H16N2O2/c1-11-3-4-13(9-14(11)18)15(19)17(2)10-12-5-7-16-8-6-12/h3-9,18H,10H2,1-2H3. The number of benzene rings is 1. The number of amides is 1. The van der Waals surface area contributed by atoms with E-state index >= 15 is 0 Å². The molecule has 2 rings (SSSR count). The summed E-state index contributed by atoms with van der Waals surface area (Å²) in [5.41, 5.74) is 2.26. The van der Waals surface area contributed by atoms with Gasteiger partial charge in [-0.1, -0.05) is 6.07 Å². The highest BCUT2D eigenvalue weighted by atomic mass is 16.3. The fourth-order valence-electron chi connectivity index (χ4n) is 1.80. The Labute approximate surface area is 112 Å². The molecule has 0 spiro atoms. The van der Waals surface area contributed by atoms with Gasteiger partial charge in [-0.2, -0.15) is 0 Å². The first kappa shape index (κ1) is 13.1. The van der Waals surface area contributed by atoms with Crippen molar-refractivity contribution in [2.75, 3.05) is 7.05 Å². The summed E-state index contributed by atoms with van der Waals surface area (Å²) in [6.07, 6.45) is 3.40. The monoisotopic (exact) mass is 256 g/mol. The van der Waals surface area contributed by atoms with Crippen LogP contribution in [0.1, 0.15) is 21.5 Å². The first-order chi connectivity index (χ1) is 9.08. The summed E-state index contributed by atoms with van der Waals surface area (Å²) in [5.74, 6) is 0.0234. The van der Waals surface area contributed by atoms with Gasteiger partial charge in [0.05, 0.1) is 0 Å². The molecule has 1 amide bonds. The number of hydrogen-bond donors (Lipinski definition) is 1. The van der Waals surface area contributed by atoms with Crippen LogP contribution in [0.15, 0.2) is 42.7 Å². The van der Waals surface area contributed by atoms with Crippen LogP contribution < -0.4 is 0 Å². The van der Waals surface area contributed by atoms with Crippen molar-refractivity contribution in [3.05, 3.63) is 59.4 Å². The van der Waals surface area contributed by atoms with E-state index in [1.54, 1.807) is 43.4 Å². The molecule has 0 radical (unpaired) electrons. The molecule has 0 aliphatic heterocycles. The van der Waals surface area contributed by atoms with Crippen molar-refractivity contribution < 1.29 is 9.90 Å². The van der Waals surface area contributed by atoms with Crippen LogP contribution in [0, 0.1) is 6.92 Å². The lowest BCUT2D eigenvalue weighted by Gasteiger charge is -2.17. The van der Waals surface area contributed by atoms with Gasteiger partial charge in [-0.15, -0.1) is 0 Å². The van der Waals surface area contributed by atoms with E-state index in [2.05, 4.69) is 4.98 Å². The lowest BCUT2D eigenvalue weighted by Crippen LogP contribution is -2.26. The van der Waals surface area contributed by atoms with Crippen molar-refractivity contribution in [2.45, 2.75) is 13.5 Å². The van der Waals surface area contributed by atoms with Crippen molar-refractivity contribution in [3.63, 3.8) is 0 Å². The van der Waals surface area contributed by atoms with Crippen LogP contribution in [-0.2, 0) is 6.54 Å². The molecule has 1 aromatic heterocycles. The molecule has 0 aliphatic rings. The minimum Gasteiger partial charge on any atom is -0.508 e. The number of nitrogens with zero attached hydrogens (tertiary/aromatic N) is 2. The van der Waals surface area contributed by atoms with Crippen LogP contribution in [0.3, 0.4) is 0 Å². The molecule has 4 nitrogen and oxygen atoms in total. The van der Waals surface area contributed by atoms with Gasteiger partial charge in [0.1, 0.15) is 5.75 Å². The van der Waals surface area contributed by atoms with E-state index < -0.39 is 0 Å². The Morgan fingerprint density at radius 3 is 2.58 bits per heavy atom. The molecule has 0 unspecified atom stereocenters. The van der Waals surface area contributed by atoms with Crippen molar-refractivity contribution in [1.29, 1.82) is 0 Å². The number of rotatable bonds is 3. The third-order valence-electron chi connectivity index (χ3n) is 2.97. The number of carbonyl (C=O) groups excluding carboxylic acids is 1. The second-order valence-electron chi connectivity index (χ2n) is 4.52. The second kappa shape index (κ2) is 5.52. The molecule has 0 atom stereocenters. The van der Waals surface area contributed by atoms with Gasteiger partial charge in [0.2, 0.25) is 0 Å². The van der Waals surface area contributed by atoms with Gasteiger partial charge < -0.3 is 10.0 Å². The molecule has 0 bridgehead atoms. The van der Waals surface area contributed by atoms with Crippen LogP contribution in [-0.4, -0.2) is 27.9 Å². The summed E-state index contributed by atoms with van der Waals surface area (Å²) in [6, 6.07) is 8.71. The predicted octanol–water partition coefficient (Wildman–Crippen LogP) is 2.37. The van der Waals surface area contributed by atoms with Gasteiger partial charge in [0.15, 0.2) is 0 Å². The second-order valence-corrected chi connectivity index (χ2v) is 4.52. The van der Waals surface area contributed by atoms with E-state index in [0.717, 1.165) is 11.1 Å². The fraction of sp³-hybridized carbons (Fsp3) is 0.200. The number of carbonyl (C=O) groups is 1. The molecule has 4 heteroatoms. The highest BCUT2D eigenvalue weighted by Gasteiger charge is 2.13. The number of aromatic nitrogens is 1. The summed E-state index contributed by atoms with van der Waals surface area (Å²) in [7, 11) is 1.74. The third kappa shape index (κ3) is 3.10. The average Bonchev–Trinajstić information content (AvgIpc) is 2.42. The van der Waals surface area contributed by atoms with E-state index in [1.807, 2.05) is 12.1 Å². The van der Waals surface area contributed by atoms with E-state index in [1.165, 1.54) is 6.07 Å². The van der Waals surface area contributed by atoms with Crippen LogP contribution >= 0.6 is 0 Å². The van der Waals surface area contributed by atoms with E-state index in [4.69, 9.17) is 0 Å². The molecule has 0 aliphatic carbocycles. The number of phenols is 1. The summed E-state index contributed by atoms with van der Waals surface area (Å²) in [6.45, 7) is 2.31. The van der Waals surface area contributed by atoms with E-state index in [9.17, 15) is 9.90 Å². The van der Waals surface area contributed by atoms with Crippen molar-refractivity contribution in [2.24, 2.45) is 0 Å². The van der Waals surface area contributed by atoms with E-state index in [-0.39, 0.29) is 11.7 Å². The SMILES string of the molecule is Cc1ccc(C(=O)N(C)Cc2ccncc2)cc1O. The van der Waals surface area contributed by atoms with Gasteiger partial charge in [-0.05, 0) is 42.3 Å². The topological polar surface area (TPSA) is 53.4 Å². The number of aryl methyl sites for hydroxylation is 1. The molecule has 98 valence electrons. The highest BCUT2D eigenvalue weighted by Crippen LogP contribution is 2.18. The predicted molar refractivity (Wildman–Crippen MR) is 72.9 cm³/mol. The third-order valence-corrected chi connectivity index (χ3v) is 2.97. The molecule has 1 aromatic carbocycles. The number of phenolic OH excluding ortho intramolecular Hbond substituents is 1. The smallest absolute Gasteiger partial charge is 0.254 e. The van der Waals surface area contributed by atoms with Crippen LogP contribution in [0.4, 0.5) is 0 Å². The van der Waals surface area contributed by atoms with Crippen molar-refractivity contribution >= 4 is 5.91 Å². The minimum atomic E-state index is -0.118. The lowest BCUT2D eigenvalue weighted by molar-refractivity contribution is 0.0784. The molecule has 19 heavy (non-hydrogen) atoms. The summed E-state index contributed by atoms with van der Waals surface area (Å²) in [5, 5.41) is 9.64. The number of hydrogen-bond acceptors (Lipinski definition) is 3. The summed E-state index contributed by atoms with van der Waals surface area (Å²) < 4.78 is 0. The summed E-state index contributed by atoms with van der Waals surface area (Å²) >= 11 is 0. The molecular weight excluding hydrogens is 240 g/mol. The molecule has 0 saturated heterocycles. The Morgan fingerprint density at radius 2 is 1.95 bits per heavy atom. The number of aromatic hydroxyl groups is 1. The minimum absolute atomic E-state index is 0.118. The van der Waals surface area contributed by atoms with E-state index in [0.29, 0.717) is 12.1 Å². The van der Waals surface area contributed by atoms with Crippen molar-refractivity contribution in [1.82, 2.24) is 9.88 Å². The van der Waals surface area contributed by atoms with Crippen LogP contribution in [0.25, 0.3) is 0 Å². The zero-order chi connectivity index (χ0) is 13.8. The van der Waals surface area contributed by atoms with Gasteiger partial charge in [0, 0.05) is 31.5 Å². The molecule has 1 N–H and O–H groups in total. The zero-order valence-corrected chi connectivity index (χ0v) is 11.0. The Hall–Kier alpha value is -2.36. The Kier molecular flexibility index (Phi) is 3.80. The first-order valence-corrected chi connectivity index (χ1v) is 6.02. The van der Waals surface area contributed by atoms with Crippen molar-refractivity contribution in [3.8, 4) is 5.75 Å². The molecule has 0 saturated carbocycles. The largest absolute Gasteiger partial charge is 0.508 e. The Balaban J connectivity index is 2.12. The maximum Gasteiger partial charge on any atom is 0.254 e. The Morgan fingerprint density at radius 1 is 1.26 bits per heavy atom. The van der Waals surface area contributed by atoms with Gasteiger partial charge >= 0.3 is 0 Å². The van der Waals surface area contributed by atoms with Gasteiger partial charge in [0.25, 0.3) is 5.91 Å². The molecule has 0 fully saturated rings. The van der Waals surface area contributed by atoms with Gasteiger partial charge in [-0.25, -0.2) is 0 Å². The fourth-order valence-corrected chi connectivity index (χ4v) is 1.80. The normalized spacial score (nSPS) is 10.2. The molecule has 2 aromatic rings. The maximum atomic E-state index is 12.2. The molecular formula is C15H16N2O2. The average molecular weight is 256 g/mol. The van der Waals surface area contributed by atoms with Gasteiger partial charge in [-0.3, -0.25) is 9.78 Å². The highest BCUT2D eigenvalue weighted by molar-refractivity contribution is 5.94. The quantitative estimate of drug-likeness (QED) is 0.917. The first-order valence-electron chi connectivity index (χ1n) is 6.02. The zero-order valence-electron chi connectivity index (χ0n) is 11.0. The lowest BCUT2D eigenvalue weighted by atomic mass is 10.1. The number of pyridine rings is 1. The van der Waals surface area contributed by atoms with Crippen LogP contribution in [0.2, 0.25) is 0 Å². The van der Waals surface area contributed by atoms with Crippen LogP contribution in [0.5, 0.6) is 5.75 Å². The maximum absolute atomic E-state index is 12.2.